The molecule has 0 spiro atoms. The summed E-state index contributed by atoms with van der Waals surface area (Å²) in [4.78, 5) is 12.0. The van der Waals surface area contributed by atoms with Gasteiger partial charge in [0.15, 0.2) is 11.6 Å². The average molecular weight is 249 g/mol. The number of terminal acetylenes is 1. The van der Waals surface area contributed by atoms with Crippen molar-refractivity contribution in [2.75, 3.05) is 0 Å². The minimum absolute atomic E-state index is 0.00419. The quantitative estimate of drug-likeness (QED) is 0.802. The molecule has 0 aliphatic heterocycles. The summed E-state index contributed by atoms with van der Waals surface area (Å²) in [5, 5.41) is 2.81. The lowest BCUT2D eigenvalue weighted by Gasteiger charge is -2.39. The van der Waals surface area contributed by atoms with Crippen LogP contribution in [0.5, 0.6) is 0 Å². The second-order valence-corrected chi connectivity index (χ2v) is 4.82. The molecule has 18 heavy (non-hydrogen) atoms. The summed E-state index contributed by atoms with van der Waals surface area (Å²) in [7, 11) is 0. The van der Waals surface area contributed by atoms with Crippen molar-refractivity contribution in [1.82, 2.24) is 5.32 Å². The molecular weight excluding hydrogens is 236 g/mol. The van der Waals surface area contributed by atoms with Gasteiger partial charge in [-0.15, -0.1) is 6.42 Å². The normalized spacial score (nSPS) is 16.6. The Hall–Kier alpha value is -1.89. The summed E-state index contributed by atoms with van der Waals surface area (Å²) >= 11 is 0. The fraction of sp³-hybridized carbons (Fsp3) is 0.357. The van der Waals surface area contributed by atoms with Crippen molar-refractivity contribution in [2.45, 2.75) is 31.7 Å². The lowest BCUT2D eigenvalue weighted by Crippen LogP contribution is -2.51. The van der Waals surface area contributed by atoms with E-state index >= 15 is 0 Å². The van der Waals surface area contributed by atoms with Gasteiger partial charge in [0.1, 0.15) is 0 Å². The molecule has 0 saturated heterocycles. The Morgan fingerprint density at radius 3 is 2.50 bits per heavy atom. The van der Waals surface area contributed by atoms with Crippen molar-refractivity contribution in [3.05, 3.63) is 34.9 Å². The molecule has 2 rings (SSSR count). The van der Waals surface area contributed by atoms with E-state index in [1.807, 2.05) is 6.92 Å². The number of hydrogen-bond donors (Lipinski definition) is 1. The number of nitrogens with one attached hydrogen (secondary N) is 1. The van der Waals surface area contributed by atoms with Crippen LogP contribution in [0.1, 0.15) is 42.1 Å². The number of halogens is 2. The third-order valence-corrected chi connectivity index (χ3v) is 3.33. The van der Waals surface area contributed by atoms with E-state index in [0.717, 1.165) is 31.4 Å². The van der Waals surface area contributed by atoms with Gasteiger partial charge in [-0.2, -0.15) is 0 Å². The lowest BCUT2D eigenvalue weighted by molar-refractivity contribution is 0.0849. The molecule has 0 heterocycles. The number of amides is 1. The maximum Gasteiger partial charge on any atom is 0.253 e. The first kappa shape index (κ1) is 12.6. The molecule has 2 nitrogen and oxygen atoms in total. The van der Waals surface area contributed by atoms with Gasteiger partial charge in [-0.3, -0.25) is 4.79 Å². The number of rotatable bonds is 2. The van der Waals surface area contributed by atoms with Crippen molar-refractivity contribution in [3.63, 3.8) is 0 Å². The van der Waals surface area contributed by atoms with Crippen molar-refractivity contribution in [1.29, 1.82) is 0 Å². The topological polar surface area (TPSA) is 29.1 Å². The minimum atomic E-state index is -1.07. The summed E-state index contributed by atoms with van der Waals surface area (Å²) in [6, 6.07) is 1.72. The number of benzene rings is 1. The Morgan fingerprint density at radius 1 is 1.39 bits per heavy atom. The molecule has 1 aliphatic carbocycles. The summed E-state index contributed by atoms with van der Waals surface area (Å²) in [6.45, 7) is 1.92. The largest absolute Gasteiger partial charge is 0.347 e. The van der Waals surface area contributed by atoms with Gasteiger partial charge in [0.25, 0.3) is 5.91 Å². The van der Waals surface area contributed by atoms with Crippen LogP contribution in [-0.4, -0.2) is 11.4 Å². The smallest absolute Gasteiger partial charge is 0.253 e. The van der Waals surface area contributed by atoms with Crippen LogP contribution < -0.4 is 5.32 Å². The average Bonchev–Trinajstić information content (AvgIpc) is 2.29. The van der Waals surface area contributed by atoms with E-state index in [-0.39, 0.29) is 16.7 Å². The highest BCUT2D eigenvalue weighted by Crippen LogP contribution is 2.31. The molecule has 0 radical (unpaired) electrons. The van der Waals surface area contributed by atoms with Crippen molar-refractivity contribution in [3.8, 4) is 12.3 Å². The second kappa shape index (κ2) is 4.41. The monoisotopic (exact) mass is 249 g/mol. The van der Waals surface area contributed by atoms with Crippen molar-refractivity contribution < 1.29 is 13.6 Å². The standard InChI is InChI=1S/C14H13F2NO/c1-3-9-7-11(15)12(16)8-10(9)13(18)17-14(2)5-4-6-14/h1,7-8H,4-6H2,2H3,(H,17,18). The zero-order valence-electron chi connectivity index (χ0n) is 10.0. The van der Waals surface area contributed by atoms with Crippen molar-refractivity contribution in [2.24, 2.45) is 0 Å². The molecule has 1 aromatic rings. The van der Waals surface area contributed by atoms with Crippen LogP contribution in [0.3, 0.4) is 0 Å². The SMILES string of the molecule is C#Cc1cc(F)c(F)cc1C(=O)NC1(C)CCC1. The summed E-state index contributed by atoms with van der Waals surface area (Å²) in [6.07, 6.45) is 8.02. The van der Waals surface area contributed by atoms with E-state index < -0.39 is 17.5 Å². The highest BCUT2D eigenvalue weighted by molar-refractivity contribution is 5.97. The molecule has 0 unspecified atom stereocenters. The summed E-state index contributed by atoms with van der Waals surface area (Å²) in [5.41, 5.74) is -0.188. The van der Waals surface area contributed by atoms with Gasteiger partial charge in [-0.05, 0) is 38.3 Å². The third kappa shape index (κ3) is 2.21. The zero-order valence-corrected chi connectivity index (χ0v) is 10.0. The van der Waals surface area contributed by atoms with Gasteiger partial charge in [0, 0.05) is 11.1 Å². The van der Waals surface area contributed by atoms with Crippen LogP contribution >= 0.6 is 0 Å². The lowest BCUT2D eigenvalue weighted by atomic mass is 9.78. The fourth-order valence-electron chi connectivity index (χ4n) is 2.03. The van der Waals surface area contributed by atoms with E-state index in [0.29, 0.717) is 0 Å². The first-order valence-electron chi connectivity index (χ1n) is 5.73. The maximum absolute atomic E-state index is 13.2. The van der Waals surface area contributed by atoms with Crippen LogP contribution in [0.2, 0.25) is 0 Å². The van der Waals surface area contributed by atoms with E-state index in [2.05, 4.69) is 11.2 Å². The molecule has 1 aromatic carbocycles. The van der Waals surface area contributed by atoms with E-state index in [1.54, 1.807) is 0 Å². The zero-order chi connectivity index (χ0) is 13.3. The van der Waals surface area contributed by atoms with Gasteiger partial charge in [0.05, 0.1) is 5.56 Å². The van der Waals surface area contributed by atoms with Crippen molar-refractivity contribution >= 4 is 5.91 Å². The summed E-state index contributed by atoms with van der Waals surface area (Å²) < 4.78 is 26.2. The molecular formula is C14H13F2NO. The Bertz CT molecular complexity index is 541. The maximum atomic E-state index is 13.2. The number of carbonyl (C=O) groups is 1. The molecule has 1 amide bonds. The first-order chi connectivity index (χ1) is 8.45. The molecule has 0 atom stereocenters. The van der Waals surface area contributed by atoms with E-state index in [4.69, 9.17) is 6.42 Å². The van der Waals surface area contributed by atoms with Gasteiger partial charge >= 0.3 is 0 Å². The molecule has 0 aromatic heterocycles. The Balaban J connectivity index is 2.30. The fourth-order valence-corrected chi connectivity index (χ4v) is 2.03. The molecule has 94 valence electrons. The van der Waals surface area contributed by atoms with Crippen LogP contribution in [0.25, 0.3) is 0 Å². The number of carbonyl (C=O) groups excluding carboxylic acids is 1. The molecule has 1 aliphatic rings. The number of hydrogen-bond acceptors (Lipinski definition) is 1. The van der Waals surface area contributed by atoms with Crippen LogP contribution in [0.4, 0.5) is 8.78 Å². The Labute approximate surface area is 104 Å². The highest BCUT2D eigenvalue weighted by Gasteiger charge is 2.33. The molecule has 1 saturated carbocycles. The summed E-state index contributed by atoms with van der Waals surface area (Å²) in [5.74, 6) is -0.374. The van der Waals surface area contributed by atoms with Crippen LogP contribution in [0.15, 0.2) is 12.1 Å². The van der Waals surface area contributed by atoms with Gasteiger partial charge < -0.3 is 5.32 Å². The molecule has 1 N–H and O–H groups in total. The highest BCUT2D eigenvalue weighted by atomic mass is 19.2. The first-order valence-corrected chi connectivity index (χ1v) is 5.73. The second-order valence-electron chi connectivity index (χ2n) is 4.82. The van der Waals surface area contributed by atoms with Gasteiger partial charge in [-0.1, -0.05) is 5.92 Å². The van der Waals surface area contributed by atoms with Gasteiger partial charge in [0.2, 0.25) is 0 Å². The molecule has 1 fully saturated rings. The Kier molecular flexibility index (Phi) is 3.08. The predicted molar refractivity (Wildman–Crippen MR) is 64.0 cm³/mol. The molecule has 4 heteroatoms. The van der Waals surface area contributed by atoms with Crippen LogP contribution in [0, 0.1) is 24.0 Å². The van der Waals surface area contributed by atoms with Crippen LogP contribution in [-0.2, 0) is 0 Å². The Morgan fingerprint density at radius 2 is 2.00 bits per heavy atom. The third-order valence-electron chi connectivity index (χ3n) is 3.33. The van der Waals surface area contributed by atoms with E-state index in [9.17, 15) is 13.6 Å². The van der Waals surface area contributed by atoms with Gasteiger partial charge in [-0.25, -0.2) is 8.78 Å². The minimum Gasteiger partial charge on any atom is -0.347 e. The van der Waals surface area contributed by atoms with E-state index in [1.165, 1.54) is 0 Å². The molecule has 0 bridgehead atoms. The predicted octanol–water partition coefficient (Wildman–Crippen LogP) is 2.62.